The van der Waals surface area contributed by atoms with Crippen molar-refractivity contribution < 1.29 is 4.79 Å². The van der Waals surface area contributed by atoms with Crippen LogP contribution in [0.3, 0.4) is 0 Å². The maximum absolute atomic E-state index is 11.6. The van der Waals surface area contributed by atoms with E-state index in [9.17, 15) is 4.79 Å². The number of thiophene rings is 1. The number of ketones is 1. The molecule has 0 saturated heterocycles. The van der Waals surface area contributed by atoms with Crippen LogP contribution in [0.15, 0.2) is 0 Å². The fourth-order valence-corrected chi connectivity index (χ4v) is 3.38. The molecule has 1 aliphatic rings. The summed E-state index contributed by atoms with van der Waals surface area (Å²) in [6.45, 7) is 4.77. The average Bonchev–Trinajstić information content (AvgIpc) is 3.02. The zero-order chi connectivity index (χ0) is 12.6. The Labute approximate surface area is 107 Å². The van der Waals surface area contributed by atoms with E-state index in [-0.39, 0.29) is 5.78 Å². The molecule has 0 amide bonds. The number of rotatable bonds is 5. The van der Waals surface area contributed by atoms with Crippen LogP contribution in [-0.2, 0) is 0 Å². The van der Waals surface area contributed by atoms with Gasteiger partial charge in [-0.15, -0.1) is 11.3 Å². The van der Waals surface area contributed by atoms with Crippen molar-refractivity contribution in [1.29, 1.82) is 0 Å². The molecule has 0 radical (unpaired) electrons. The first-order valence-corrected chi connectivity index (χ1v) is 7.02. The number of anilines is 2. The van der Waals surface area contributed by atoms with Gasteiger partial charge in [0.2, 0.25) is 0 Å². The highest BCUT2D eigenvalue weighted by atomic mass is 32.1. The first kappa shape index (κ1) is 12.4. The fraction of sp³-hybridized carbons (Fsp3) is 0.615. The van der Waals surface area contributed by atoms with Crippen molar-refractivity contribution in [2.45, 2.75) is 39.0 Å². The van der Waals surface area contributed by atoms with E-state index in [4.69, 9.17) is 5.73 Å². The van der Waals surface area contributed by atoms with Crippen LogP contribution < -0.4 is 10.6 Å². The Kier molecular flexibility index (Phi) is 3.43. The zero-order valence-electron chi connectivity index (χ0n) is 10.7. The zero-order valence-corrected chi connectivity index (χ0v) is 11.6. The third-order valence-electron chi connectivity index (χ3n) is 3.18. The number of hydrogen-bond acceptors (Lipinski definition) is 4. The topological polar surface area (TPSA) is 46.3 Å². The minimum Gasteiger partial charge on any atom is -0.397 e. The van der Waals surface area contributed by atoms with Crippen molar-refractivity contribution in [2.24, 2.45) is 0 Å². The van der Waals surface area contributed by atoms with E-state index in [1.54, 1.807) is 18.3 Å². The summed E-state index contributed by atoms with van der Waals surface area (Å²) in [7, 11) is 2.09. The number of carbonyl (C=O) groups is 1. The fourth-order valence-electron chi connectivity index (χ4n) is 2.19. The molecule has 2 rings (SSSR count). The predicted octanol–water partition coefficient (Wildman–Crippen LogP) is 3.26. The quantitative estimate of drug-likeness (QED) is 0.818. The summed E-state index contributed by atoms with van der Waals surface area (Å²) in [5.41, 5.74) is 8.11. The summed E-state index contributed by atoms with van der Waals surface area (Å²) in [6.07, 6.45) is 3.53. The Bertz CT molecular complexity index is 435. The highest BCUT2D eigenvalue weighted by molar-refractivity contribution is 7.18. The largest absolute Gasteiger partial charge is 0.397 e. The van der Waals surface area contributed by atoms with Gasteiger partial charge in [0.25, 0.3) is 0 Å². The van der Waals surface area contributed by atoms with E-state index in [1.807, 2.05) is 0 Å². The number of Topliss-reactive ketones (excluding diaryl/α,β-unsaturated/α-hetero) is 1. The van der Waals surface area contributed by atoms with Crippen LogP contribution in [-0.4, -0.2) is 19.4 Å². The second-order valence-electron chi connectivity index (χ2n) is 4.82. The summed E-state index contributed by atoms with van der Waals surface area (Å²) in [5, 5.41) is 1.21. The Morgan fingerprint density at radius 1 is 1.53 bits per heavy atom. The molecule has 1 heterocycles. The molecule has 94 valence electrons. The molecule has 17 heavy (non-hydrogen) atoms. The summed E-state index contributed by atoms with van der Waals surface area (Å²) in [5.74, 6) is 0.680. The SMILES string of the molecule is CCCN(C)c1sc(C(C)=O)c(N)c1C1CC1. The smallest absolute Gasteiger partial charge is 0.171 e. The molecule has 2 N–H and O–H groups in total. The second-order valence-corrected chi connectivity index (χ2v) is 5.81. The maximum atomic E-state index is 11.6. The molecule has 1 fully saturated rings. The van der Waals surface area contributed by atoms with Gasteiger partial charge in [0.1, 0.15) is 0 Å². The van der Waals surface area contributed by atoms with E-state index in [0.29, 0.717) is 5.92 Å². The van der Waals surface area contributed by atoms with Crippen LogP contribution in [0.1, 0.15) is 54.3 Å². The Hall–Kier alpha value is -1.03. The molecule has 0 spiro atoms. The molecule has 1 aromatic rings. The number of nitrogens with two attached hydrogens (primary N) is 1. The van der Waals surface area contributed by atoms with Gasteiger partial charge in [-0.1, -0.05) is 6.92 Å². The van der Waals surface area contributed by atoms with Crippen LogP contribution in [0.25, 0.3) is 0 Å². The van der Waals surface area contributed by atoms with E-state index in [0.717, 1.165) is 23.5 Å². The molecular weight excluding hydrogens is 232 g/mol. The van der Waals surface area contributed by atoms with Gasteiger partial charge < -0.3 is 10.6 Å². The van der Waals surface area contributed by atoms with Crippen molar-refractivity contribution in [3.05, 3.63) is 10.4 Å². The molecular formula is C13H20N2OS. The maximum Gasteiger partial charge on any atom is 0.171 e. The third kappa shape index (κ3) is 2.32. The molecule has 1 saturated carbocycles. The van der Waals surface area contributed by atoms with Gasteiger partial charge in [-0.25, -0.2) is 0 Å². The van der Waals surface area contributed by atoms with E-state index in [2.05, 4.69) is 18.9 Å². The lowest BCUT2D eigenvalue weighted by Crippen LogP contribution is -2.17. The highest BCUT2D eigenvalue weighted by Gasteiger charge is 2.33. The molecule has 1 aliphatic carbocycles. The summed E-state index contributed by atoms with van der Waals surface area (Å²) < 4.78 is 0. The number of nitrogens with zero attached hydrogens (tertiary/aromatic N) is 1. The lowest BCUT2D eigenvalue weighted by molar-refractivity contribution is 0.102. The van der Waals surface area contributed by atoms with Crippen LogP contribution in [0.2, 0.25) is 0 Å². The van der Waals surface area contributed by atoms with Gasteiger partial charge in [-0.2, -0.15) is 0 Å². The van der Waals surface area contributed by atoms with Gasteiger partial charge in [0.15, 0.2) is 5.78 Å². The summed E-state index contributed by atoms with van der Waals surface area (Å²) in [4.78, 5) is 14.5. The number of hydrogen-bond donors (Lipinski definition) is 1. The van der Waals surface area contributed by atoms with Crippen molar-refractivity contribution in [3.8, 4) is 0 Å². The van der Waals surface area contributed by atoms with Crippen LogP contribution in [0, 0.1) is 0 Å². The highest BCUT2D eigenvalue weighted by Crippen LogP contribution is 2.51. The molecule has 0 atom stereocenters. The van der Waals surface area contributed by atoms with Gasteiger partial charge >= 0.3 is 0 Å². The second kappa shape index (κ2) is 4.69. The van der Waals surface area contributed by atoms with Crippen LogP contribution in [0.4, 0.5) is 10.7 Å². The number of carbonyl (C=O) groups excluding carboxylic acids is 1. The molecule has 4 heteroatoms. The van der Waals surface area contributed by atoms with Gasteiger partial charge in [-0.3, -0.25) is 4.79 Å². The first-order chi connectivity index (χ1) is 8.06. The Morgan fingerprint density at radius 3 is 2.65 bits per heavy atom. The van der Waals surface area contributed by atoms with Gasteiger partial charge in [0, 0.05) is 26.1 Å². The predicted molar refractivity (Wildman–Crippen MR) is 74.3 cm³/mol. The average molecular weight is 252 g/mol. The monoisotopic (exact) mass is 252 g/mol. The minimum atomic E-state index is 0.0885. The standard InChI is InChI=1S/C13H20N2OS/c1-4-7-15(3)13-10(9-5-6-9)11(14)12(17-13)8(2)16/h9H,4-7,14H2,1-3H3. The van der Waals surface area contributed by atoms with Crippen molar-refractivity contribution in [2.75, 3.05) is 24.2 Å². The molecule has 0 unspecified atom stereocenters. The molecule has 1 aromatic heterocycles. The van der Waals surface area contributed by atoms with Crippen molar-refractivity contribution in [1.82, 2.24) is 0 Å². The van der Waals surface area contributed by atoms with Crippen LogP contribution >= 0.6 is 11.3 Å². The lowest BCUT2D eigenvalue weighted by Gasteiger charge is -2.18. The first-order valence-electron chi connectivity index (χ1n) is 6.20. The van der Waals surface area contributed by atoms with E-state index >= 15 is 0 Å². The normalized spacial score (nSPS) is 15.0. The van der Waals surface area contributed by atoms with Crippen molar-refractivity contribution in [3.63, 3.8) is 0 Å². The van der Waals surface area contributed by atoms with Crippen LogP contribution in [0.5, 0.6) is 0 Å². The van der Waals surface area contributed by atoms with E-state index < -0.39 is 0 Å². The minimum absolute atomic E-state index is 0.0885. The lowest BCUT2D eigenvalue weighted by atomic mass is 10.1. The number of nitrogen functional groups attached to an aromatic ring is 1. The third-order valence-corrected chi connectivity index (χ3v) is 4.61. The van der Waals surface area contributed by atoms with Gasteiger partial charge in [0.05, 0.1) is 15.6 Å². The van der Waals surface area contributed by atoms with E-state index in [1.165, 1.54) is 23.4 Å². The Balaban J connectivity index is 2.42. The summed E-state index contributed by atoms with van der Waals surface area (Å²) in [6, 6.07) is 0. The van der Waals surface area contributed by atoms with Gasteiger partial charge in [-0.05, 0) is 25.2 Å². The molecule has 0 aliphatic heterocycles. The Morgan fingerprint density at radius 2 is 2.18 bits per heavy atom. The molecule has 3 nitrogen and oxygen atoms in total. The van der Waals surface area contributed by atoms with Crippen molar-refractivity contribution >= 4 is 27.8 Å². The molecule has 0 aromatic carbocycles. The molecule has 0 bridgehead atoms. The summed E-state index contributed by atoms with van der Waals surface area (Å²) >= 11 is 1.56.